The molecule has 38 heavy (non-hydrogen) atoms. The molecule has 10 nitrogen and oxygen atoms in total. The van der Waals surface area contributed by atoms with Crippen LogP contribution >= 0.6 is 0 Å². The Morgan fingerprint density at radius 2 is 1.00 bits per heavy atom. The van der Waals surface area contributed by atoms with Crippen LogP contribution in [0, 0.1) is 6.92 Å². The van der Waals surface area contributed by atoms with E-state index in [1.807, 2.05) is 48.5 Å². The predicted octanol–water partition coefficient (Wildman–Crippen LogP) is 3.53. The number of hydrogen-bond donors (Lipinski definition) is 4. The number of benzene rings is 4. The van der Waals surface area contributed by atoms with Gasteiger partial charge in [0.15, 0.2) is 0 Å². The first-order chi connectivity index (χ1) is 17.9. The molecule has 0 saturated heterocycles. The van der Waals surface area contributed by atoms with Crippen LogP contribution in [-0.4, -0.2) is 35.5 Å². The number of aryl methyl sites for hydroxylation is 1. The summed E-state index contributed by atoms with van der Waals surface area (Å²) in [6, 6.07) is 32.0. The number of para-hydroxylation sites is 4. The highest BCUT2D eigenvalue weighted by Crippen LogP contribution is 2.19. The molecule has 0 aliphatic rings. The van der Waals surface area contributed by atoms with E-state index in [2.05, 4.69) is 31.2 Å². The first-order valence-corrected chi connectivity index (χ1v) is 12.6. The fourth-order valence-corrected chi connectivity index (χ4v) is 2.53. The summed E-state index contributed by atoms with van der Waals surface area (Å²) < 4.78 is 50.7. The number of rotatable bonds is 2. The molecule has 0 aliphatic heterocycles. The van der Waals surface area contributed by atoms with Crippen molar-refractivity contribution in [2.75, 3.05) is 11.5 Å². The molecule has 0 heterocycles. The highest BCUT2D eigenvalue weighted by atomic mass is 32.2. The Morgan fingerprint density at radius 3 is 1.37 bits per heavy atom. The molecule has 0 aromatic heterocycles. The molecule has 0 atom stereocenters. The standard InChI is InChI=1S/C14H14O.C6H7NO.C6H7N.2O3S/c1-11-6-8-12(9-7-11)10-13-4-2-3-5-14(13)15;7-5-3-1-2-4-6(5)8;7-6-4-2-1-3-5-6;2*1-4(2)3/h2-9,15H,10H2,1H3;1-4,8H,7H2;1-5H,7H2;;. The van der Waals surface area contributed by atoms with Crippen LogP contribution in [0.15, 0.2) is 103 Å². The number of nitrogen functional groups attached to an aromatic ring is 2. The molecule has 0 fully saturated rings. The summed E-state index contributed by atoms with van der Waals surface area (Å²) in [5.74, 6) is 0.519. The van der Waals surface area contributed by atoms with Crippen LogP contribution in [0.2, 0.25) is 0 Å². The van der Waals surface area contributed by atoms with E-state index in [-0.39, 0.29) is 5.75 Å². The minimum absolute atomic E-state index is 0.146. The van der Waals surface area contributed by atoms with E-state index in [0.717, 1.165) is 17.7 Å². The molecule has 6 N–H and O–H groups in total. The Balaban J connectivity index is 0.000000505. The maximum Gasteiger partial charge on any atom is 0.425 e. The summed E-state index contributed by atoms with van der Waals surface area (Å²) in [7, 11) is -6.22. The zero-order valence-corrected chi connectivity index (χ0v) is 22.0. The lowest BCUT2D eigenvalue weighted by atomic mass is 10.0. The third-order valence-electron chi connectivity index (χ3n) is 4.24. The number of hydrogen-bond acceptors (Lipinski definition) is 10. The van der Waals surface area contributed by atoms with Gasteiger partial charge in [0.25, 0.3) is 0 Å². The van der Waals surface area contributed by atoms with Crippen molar-refractivity contribution in [1.29, 1.82) is 0 Å². The molecule has 0 saturated carbocycles. The smallest absolute Gasteiger partial charge is 0.425 e. The molecule has 202 valence electrons. The van der Waals surface area contributed by atoms with Gasteiger partial charge < -0.3 is 21.7 Å². The lowest BCUT2D eigenvalue weighted by molar-refractivity contribution is 0.469. The van der Waals surface area contributed by atoms with Crippen LogP contribution in [0.5, 0.6) is 11.5 Å². The summed E-state index contributed by atoms with van der Waals surface area (Å²) >= 11 is 0. The molecule has 0 radical (unpaired) electrons. The fourth-order valence-electron chi connectivity index (χ4n) is 2.53. The number of phenolic OH excluding ortho intramolecular Hbond substituents is 2. The normalized spacial score (nSPS) is 8.76. The summed E-state index contributed by atoms with van der Waals surface area (Å²) in [6.07, 6.45) is 0.785. The second kappa shape index (κ2) is 19.5. The SMILES string of the molecule is Cc1ccc(Cc2ccccc2O)cc1.Nc1ccccc1.Nc1ccccc1O.O=S(=O)=O.O=S(=O)=O. The second-order valence-electron chi connectivity index (χ2n) is 7.17. The first kappa shape index (κ1) is 33.3. The molecular formula is C26H28N2O8S2. The summed E-state index contributed by atoms with van der Waals surface area (Å²) in [5.41, 5.74) is 15.3. The number of aromatic hydroxyl groups is 2. The van der Waals surface area contributed by atoms with Crippen LogP contribution in [0.3, 0.4) is 0 Å². The van der Waals surface area contributed by atoms with E-state index in [9.17, 15) is 5.11 Å². The van der Waals surface area contributed by atoms with Crippen molar-refractivity contribution in [1.82, 2.24) is 0 Å². The van der Waals surface area contributed by atoms with E-state index >= 15 is 0 Å². The van der Waals surface area contributed by atoms with Crippen LogP contribution in [-0.2, 0) is 27.6 Å². The molecule has 4 rings (SSSR count). The van der Waals surface area contributed by atoms with Gasteiger partial charge in [-0.1, -0.05) is 78.4 Å². The van der Waals surface area contributed by atoms with Gasteiger partial charge >= 0.3 is 21.2 Å². The van der Waals surface area contributed by atoms with Gasteiger partial charge in [0.1, 0.15) is 11.5 Å². The van der Waals surface area contributed by atoms with Gasteiger partial charge in [-0.25, -0.2) is 0 Å². The van der Waals surface area contributed by atoms with Gasteiger partial charge in [-0.05, 0) is 48.4 Å². The Bertz CT molecular complexity index is 1380. The first-order valence-electron chi connectivity index (χ1n) is 10.6. The summed E-state index contributed by atoms with van der Waals surface area (Å²) in [4.78, 5) is 0. The van der Waals surface area contributed by atoms with E-state index in [1.165, 1.54) is 11.1 Å². The molecule has 4 aromatic carbocycles. The van der Waals surface area contributed by atoms with Gasteiger partial charge in [0, 0.05) is 12.1 Å². The third kappa shape index (κ3) is 18.6. The van der Waals surface area contributed by atoms with Gasteiger partial charge in [0.2, 0.25) is 0 Å². The maximum absolute atomic E-state index is 9.63. The van der Waals surface area contributed by atoms with Gasteiger partial charge in [-0.15, -0.1) is 25.3 Å². The Kier molecular flexibility index (Phi) is 17.1. The Hall–Kier alpha value is -4.68. The maximum atomic E-state index is 9.63. The fraction of sp³-hybridized carbons (Fsp3) is 0.0769. The summed E-state index contributed by atoms with van der Waals surface area (Å²) in [5, 5.41) is 18.4. The van der Waals surface area contributed by atoms with Crippen LogP contribution in [0.25, 0.3) is 0 Å². The molecule has 0 bridgehead atoms. The Morgan fingerprint density at radius 1 is 0.579 bits per heavy atom. The molecule has 0 unspecified atom stereocenters. The topological polar surface area (TPSA) is 195 Å². The summed E-state index contributed by atoms with van der Waals surface area (Å²) in [6.45, 7) is 2.07. The second-order valence-corrected chi connectivity index (χ2v) is 7.99. The number of phenols is 2. The van der Waals surface area contributed by atoms with Gasteiger partial charge in [-0.3, -0.25) is 0 Å². The van der Waals surface area contributed by atoms with Crippen molar-refractivity contribution >= 4 is 32.6 Å². The van der Waals surface area contributed by atoms with Gasteiger partial charge in [0.05, 0.1) is 5.69 Å². The average molecular weight is 561 g/mol. The monoisotopic (exact) mass is 560 g/mol. The average Bonchev–Trinajstić information content (AvgIpc) is 2.85. The zero-order valence-electron chi connectivity index (χ0n) is 20.3. The van der Waals surface area contributed by atoms with Crippen LogP contribution in [0.1, 0.15) is 16.7 Å². The van der Waals surface area contributed by atoms with E-state index in [4.69, 9.17) is 41.8 Å². The third-order valence-corrected chi connectivity index (χ3v) is 4.24. The molecule has 4 aromatic rings. The lowest BCUT2D eigenvalue weighted by Gasteiger charge is -2.04. The molecule has 0 aliphatic carbocycles. The van der Waals surface area contributed by atoms with E-state index in [0.29, 0.717) is 11.4 Å². The van der Waals surface area contributed by atoms with Crippen molar-refractivity contribution in [3.05, 3.63) is 120 Å². The highest BCUT2D eigenvalue weighted by molar-refractivity contribution is 7.59. The van der Waals surface area contributed by atoms with E-state index in [1.54, 1.807) is 30.3 Å². The van der Waals surface area contributed by atoms with E-state index < -0.39 is 21.2 Å². The molecule has 12 heteroatoms. The number of anilines is 2. The zero-order chi connectivity index (χ0) is 28.9. The van der Waals surface area contributed by atoms with Crippen molar-refractivity contribution in [3.8, 4) is 11.5 Å². The lowest BCUT2D eigenvalue weighted by Crippen LogP contribution is -1.88. The van der Waals surface area contributed by atoms with Crippen molar-refractivity contribution in [2.45, 2.75) is 13.3 Å². The quantitative estimate of drug-likeness (QED) is 0.208. The van der Waals surface area contributed by atoms with Crippen molar-refractivity contribution in [3.63, 3.8) is 0 Å². The molecular weight excluding hydrogens is 532 g/mol. The molecule has 0 amide bonds. The Labute approximate surface area is 224 Å². The van der Waals surface area contributed by atoms with Crippen LogP contribution in [0.4, 0.5) is 11.4 Å². The van der Waals surface area contributed by atoms with Crippen molar-refractivity contribution in [2.24, 2.45) is 0 Å². The predicted molar refractivity (Wildman–Crippen MR) is 145 cm³/mol. The minimum Gasteiger partial charge on any atom is -0.508 e. The van der Waals surface area contributed by atoms with Crippen molar-refractivity contribution < 1.29 is 35.5 Å². The molecule has 0 spiro atoms. The highest BCUT2D eigenvalue weighted by Gasteiger charge is 2.00. The van der Waals surface area contributed by atoms with Crippen LogP contribution < -0.4 is 11.5 Å². The largest absolute Gasteiger partial charge is 0.508 e. The minimum atomic E-state index is -3.11. The van der Waals surface area contributed by atoms with Gasteiger partial charge in [-0.2, -0.15) is 0 Å². The number of nitrogens with two attached hydrogens (primary N) is 2.